The minimum absolute atomic E-state index is 0.207. The first-order valence-corrected chi connectivity index (χ1v) is 10.7. The van der Waals surface area contributed by atoms with Crippen molar-refractivity contribution in [1.29, 1.82) is 0 Å². The average Bonchev–Trinajstić information content (AvgIpc) is 3.10. The van der Waals surface area contributed by atoms with Crippen LogP contribution in [0.1, 0.15) is 0 Å². The van der Waals surface area contributed by atoms with Gasteiger partial charge in [-0.05, 0) is 55.2 Å². The molecule has 0 amide bonds. The number of hydrogen-bond acceptors (Lipinski definition) is 9. The van der Waals surface area contributed by atoms with Crippen LogP contribution in [-0.2, 0) is 10.0 Å². The van der Waals surface area contributed by atoms with Gasteiger partial charge in [-0.25, -0.2) is 17.5 Å². The van der Waals surface area contributed by atoms with E-state index in [-0.39, 0.29) is 21.3 Å². The molecule has 0 unspecified atom stereocenters. The molecular formula is C15H12FN5O4S3. The van der Waals surface area contributed by atoms with Gasteiger partial charge in [0, 0.05) is 11.8 Å². The molecule has 0 saturated heterocycles. The number of nitro groups is 1. The lowest BCUT2D eigenvalue weighted by molar-refractivity contribution is -0.388. The van der Waals surface area contributed by atoms with Gasteiger partial charge in [-0.3, -0.25) is 10.1 Å². The second-order valence-electron chi connectivity index (χ2n) is 5.20. The average molecular weight is 441 g/mol. The van der Waals surface area contributed by atoms with Crippen molar-refractivity contribution in [2.45, 2.75) is 14.1 Å². The molecule has 0 spiro atoms. The highest BCUT2D eigenvalue weighted by atomic mass is 32.2. The van der Waals surface area contributed by atoms with Crippen molar-refractivity contribution in [3.8, 4) is 0 Å². The molecule has 0 aliphatic heterocycles. The van der Waals surface area contributed by atoms with E-state index < -0.39 is 14.9 Å². The van der Waals surface area contributed by atoms with Crippen LogP contribution in [0.2, 0.25) is 0 Å². The van der Waals surface area contributed by atoms with Crippen LogP contribution >= 0.6 is 23.1 Å². The number of nitrogens with zero attached hydrogens (tertiary/aromatic N) is 3. The molecule has 1 aromatic heterocycles. The molecule has 2 N–H and O–H groups in total. The summed E-state index contributed by atoms with van der Waals surface area (Å²) in [5.74, 6) is -0.366. The summed E-state index contributed by atoms with van der Waals surface area (Å²) in [4.78, 5) is 10.7. The first-order chi connectivity index (χ1) is 13.3. The number of aromatic nitrogens is 2. The molecule has 0 aliphatic carbocycles. The summed E-state index contributed by atoms with van der Waals surface area (Å²) in [7, 11) is -2.58. The minimum atomic E-state index is -3.80. The van der Waals surface area contributed by atoms with Gasteiger partial charge in [-0.2, -0.15) is 0 Å². The van der Waals surface area contributed by atoms with Gasteiger partial charge in [0.2, 0.25) is 15.2 Å². The van der Waals surface area contributed by atoms with Crippen LogP contribution < -0.4 is 10.0 Å². The predicted octanol–water partition coefficient (Wildman–Crippen LogP) is 3.39. The highest BCUT2D eigenvalue weighted by Crippen LogP contribution is 2.38. The third-order valence-electron chi connectivity index (χ3n) is 3.41. The van der Waals surface area contributed by atoms with Crippen LogP contribution in [0.5, 0.6) is 0 Å². The van der Waals surface area contributed by atoms with Gasteiger partial charge in [0.05, 0.1) is 14.7 Å². The highest BCUT2D eigenvalue weighted by Gasteiger charge is 2.22. The number of halogens is 1. The molecule has 146 valence electrons. The maximum atomic E-state index is 12.9. The van der Waals surface area contributed by atoms with Crippen molar-refractivity contribution in [2.75, 3.05) is 12.4 Å². The first kappa shape index (κ1) is 20.1. The van der Waals surface area contributed by atoms with Gasteiger partial charge >= 0.3 is 0 Å². The topological polar surface area (TPSA) is 127 Å². The predicted molar refractivity (Wildman–Crippen MR) is 103 cm³/mol. The Morgan fingerprint density at radius 2 is 1.89 bits per heavy atom. The molecule has 3 aromatic rings. The Kier molecular flexibility index (Phi) is 5.88. The Bertz CT molecular complexity index is 1120. The van der Waals surface area contributed by atoms with E-state index in [0.717, 1.165) is 29.2 Å². The molecule has 0 bridgehead atoms. The third kappa shape index (κ3) is 4.62. The van der Waals surface area contributed by atoms with Crippen molar-refractivity contribution in [3.63, 3.8) is 0 Å². The summed E-state index contributed by atoms with van der Waals surface area (Å²) in [5, 5.41) is 22.6. The Morgan fingerprint density at radius 3 is 2.54 bits per heavy atom. The second-order valence-corrected chi connectivity index (χ2v) is 9.35. The van der Waals surface area contributed by atoms with Crippen LogP contribution in [0.3, 0.4) is 0 Å². The summed E-state index contributed by atoms with van der Waals surface area (Å²) in [6.07, 6.45) is 0. The summed E-state index contributed by atoms with van der Waals surface area (Å²) < 4.78 is 39.2. The minimum Gasteiger partial charge on any atom is -0.330 e. The molecule has 1 heterocycles. The molecule has 0 fully saturated rings. The van der Waals surface area contributed by atoms with Crippen molar-refractivity contribution < 1.29 is 17.7 Å². The molecule has 28 heavy (non-hydrogen) atoms. The lowest BCUT2D eigenvalue weighted by Gasteiger charge is -2.05. The Morgan fingerprint density at radius 1 is 1.18 bits per heavy atom. The first-order valence-electron chi connectivity index (χ1n) is 7.54. The lowest BCUT2D eigenvalue weighted by Crippen LogP contribution is -2.18. The number of anilines is 2. The van der Waals surface area contributed by atoms with Crippen LogP contribution in [0.4, 0.5) is 20.9 Å². The van der Waals surface area contributed by atoms with Gasteiger partial charge in [0.15, 0.2) is 4.34 Å². The van der Waals surface area contributed by atoms with Gasteiger partial charge in [0.25, 0.3) is 5.69 Å². The molecule has 0 aliphatic rings. The quantitative estimate of drug-likeness (QED) is 0.422. The standard InChI is InChI=1S/C15H12FN5O4S3/c1-17-28(24,25)11-6-7-13(12(8-11)21(22)23)26-15-20-19-14(27-15)18-10-4-2-9(16)3-5-10/h2-8,17H,1H3,(H,18,19). The normalized spacial score (nSPS) is 11.4. The maximum Gasteiger partial charge on any atom is 0.284 e. The van der Waals surface area contributed by atoms with Crippen LogP contribution in [0.25, 0.3) is 0 Å². The summed E-state index contributed by atoms with van der Waals surface area (Å²) in [6.45, 7) is 0. The summed E-state index contributed by atoms with van der Waals surface area (Å²) in [6, 6.07) is 9.28. The zero-order valence-electron chi connectivity index (χ0n) is 14.1. The molecule has 9 nitrogen and oxygen atoms in total. The van der Waals surface area contributed by atoms with Crippen LogP contribution in [0.15, 0.2) is 56.6 Å². The van der Waals surface area contributed by atoms with E-state index in [0.29, 0.717) is 15.2 Å². The number of nitrogens with one attached hydrogen (secondary N) is 2. The third-order valence-corrected chi connectivity index (χ3v) is 6.77. The van der Waals surface area contributed by atoms with Gasteiger partial charge < -0.3 is 5.32 Å². The Balaban J connectivity index is 1.82. The van der Waals surface area contributed by atoms with E-state index in [1.54, 1.807) is 0 Å². The number of hydrogen-bond donors (Lipinski definition) is 2. The Labute approximate surface area is 167 Å². The zero-order valence-corrected chi connectivity index (χ0v) is 16.6. The molecule has 3 rings (SSSR count). The van der Waals surface area contributed by atoms with E-state index in [9.17, 15) is 22.9 Å². The number of rotatable bonds is 7. The van der Waals surface area contributed by atoms with Crippen LogP contribution in [-0.4, -0.2) is 30.6 Å². The van der Waals surface area contributed by atoms with Crippen molar-refractivity contribution in [3.05, 3.63) is 58.4 Å². The maximum absolute atomic E-state index is 12.9. The SMILES string of the molecule is CNS(=O)(=O)c1ccc(Sc2nnc(Nc3ccc(F)cc3)s2)c([N+](=O)[O-])c1. The summed E-state index contributed by atoms with van der Waals surface area (Å²) in [5.41, 5.74) is 0.256. The van der Waals surface area contributed by atoms with Crippen molar-refractivity contribution in [2.24, 2.45) is 0 Å². The van der Waals surface area contributed by atoms with Gasteiger partial charge in [0.1, 0.15) is 5.82 Å². The van der Waals surface area contributed by atoms with Crippen molar-refractivity contribution >= 4 is 49.6 Å². The fraction of sp³-hybridized carbons (Fsp3) is 0.0667. The van der Waals surface area contributed by atoms with E-state index >= 15 is 0 Å². The fourth-order valence-electron chi connectivity index (χ4n) is 2.06. The number of benzene rings is 2. The van der Waals surface area contributed by atoms with E-state index in [4.69, 9.17) is 0 Å². The summed E-state index contributed by atoms with van der Waals surface area (Å²) >= 11 is 2.14. The molecular weight excluding hydrogens is 429 g/mol. The monoisotopic (exact) mass is 441 g/mol. The smallest absolute Gasteiger partial charge is 0.284 e. The molecule has 13 heteroatoms. The Hall–Kier alpha value is -2.61. The molecule has 0 saturated carbocycles. The molecule has 0 radical (unpaired) electrons. The highest BCUT2D eigenvalue weighted by molar-refractivity contribution is 8.01. The molecule has 0 atom stereocenters. The van der Waals surface area contributed by atoms with Crippen LogP contribution in [0, 0.1) is 15.9 Å². The zero-order chi connectivity index (χ0) is 20.3. The second kappa shape index (κ2) is 8.18. The fourth-order valence-corrected chi connectivity index (χ4v) is 4.63. The lowest BCUT2D eigenvalue weighted by atomic mass is 10.3. The van der Waals surface area contributed by atoms with Gasteiger partial charge in [-0.15, -0.1) is 10.2 Å². The largest absolute Gasteiger partial charge is 0.330 e. The molecule has 2 aromatic carbocycles. The number of sulfonamides is 1. The van der Waals surface area contributed by atoms with E-state index in [1.165, 1.54) is 43.4 Å². The van der Waals surface area contributed by atoms with Gasteiger partial charge in [-0.1, -0.05) is 11.3 Å². The van der Waals surface area contributed by atoms with E-state index in [2.05, 4.69) is 20.2 Å². The number of nitro benzene ring substituents is 1. The van der Waals surface area contributed by atoms with E-state index in [1.807, 2.05) is 0 Å². The van der Waals surface area contributed by atoms with Crippen molar-refractivity contribution in [1.82, 2.24) is 14.9 Å².